The van der Waals surface area contributed by atoms with Crippen molar-refractivity contribution in [3.8, 4) is 5.75 Å². The summed E-state index contributed by atoms with van der Waals surface area (Å²) < 4.78 is 30.6. The lowest BCUT2D eigenvalue weighted by Gasteiger charge is -2.39. The van der Waals surface area contributed by atoms with Gasteiger partial charge < -0.3 is 19.5 Å². The summed E-state index contributed by atoms with van der Waals surface area (Å²) in [4.78, 5) is 11.9. The quantitative estimate of drug-likeness (QED) is 0.330. The smallest absolute Gasteiger partial charge is 0.297 e. The topological polar surface area (TPSA) is 68.7 Å². The molecule has 1 atom stereocenters. The molecule has 1 aromatic heterocycles. The molecule has 0 amide bonds. The predicted molar refractivity (Wildman–Crippen MR) is 125 cm³/mol. The van der Waals surface area contributed by atoms with Crippen LogP contribution in [0.5, 0.6) is 5.75 Å². The average molecular weight is 471 g/mol. The van der Waals surface area contributed by atoms with Crippen LogP contribution >= 0.6 is 11.8 Å². The van der Waals surface area contributed by atoms with E-state index >= 15 is 0 Å². The summed E-state index contributed by atoms with van der Waals surface area (Å²) in [5.74, 6) is -0.0663. The molecule has 1 saturated heterocycles. The molecule has 1 aliphatic heterocycles. The van der Waals surface area contributed by atoms with E-state index < -0.39 is 5.91 Å². The van der Waals surface area contributed by atoms with Gasteiger partial charge in [-0.15, -0.1) is 0 Å². The van der Waals surface area contributed by atoms with Gasteiger partial charge in [0, 0.05) is 44.1 Å². The highest BCUT2D eigenvalue weighted by atomic mass is 32.2. The van der Waals surface area contributed by atoms with Crippen molar-refractivity contribution < 1.29 is 18.6 Å². The maximum absolute atomic E-state index is 13.1. The molecular weight excluding hydrogens is 443 g/mol. The fourth-order valence-corrected chi connectivity index (χ4v) is 4.43. The molecule has 1 unspecified atom stereocenters. The standard InChI is InChI=1S/C24H27FN4O3S/c1-30-17-24(31-2,29-15-3-4-16-29)32-20-9-7-19(8-10-20)27-23-26-14-13-22(28-23)33-21-11-5-18(25)6-12-21/h5-14H,3-4,15-17H2,1-2H3,(H,26,27,28). The van der Waals surface area contributed by atoms with Gasteiger partial charge in [0.1, 0.15) is 23.2 Å². The van der Waals surface area contributed by atoms with Crippen molar-refractivity contribution in [2.24, 2.45) is 0 Å². The Bertz CT molecular complexity index is 1030. The lowest BCUT2D eigenvalue weighted by molar-refractivity contribution is -0.277. The van der Waals surface area contributed by atoms with Gasteiger partial charge >= 0.3 is 0 Å². The number of nitrogens with zero attached hydrogens (tertiary/aromatic N) is 3. The first-order valence-corrected chi connectivity index (χ1v) is 11.5. The molecule has 0 saturated carbocycles. The number of anilines is 2. The number of hydrogen-bond acceptors (Lipinski definition) is 8. The largest absolute Gasteiger partial charge is 0.447 e. The SMILES string of the molecule is COCC(OC)(Oc1ccc(Nc2nccc(Sc3ccc(F)cc3)n2)cc1)N1CCCC1. The van der Waals surface area contributed by atoms with Crippen LogP contribution in [0.1, 0.15) is 12.8 Å². The van der Waals surface area contributed by atoms with Gasteiger partial charge in [0.15, 0.2) is 0 Å². The van der Waals surface area contributed by atoms with Gasteiger partial charge in [-0.3, -0.25) is 0 Å². The van der Waals surface area contributed by atoms with Crippen molar-refractivity contribution >= 4 is 23.4 Å². The summed E-state index contributed by atoms with van der Waals surface area (Å²) in [6.45, 7) is 2.11. The van der Waals surface area contributed by atoms with Gasteiger partial charge in [-0.2, -0.15) is 0 Å². The first-order chi connectivity index (χ1) is 16.1. The molecule has 3 aromatic rings. The Morgan fingerprint density at radius 3 is 2.42 bits per heavy atom. The maximum atomic E-state index is 13.1. The summed E-state index contributed by atoms with van der Waals surface area (Å²) in [5, 5.41) is 3.96. The minimum atomic E-state index is -0.949. The van der Waals surface area contributed by atoms with E-state index in [0.717, 1.165) is 41.5 Å². The Morgan fingerprint density at radius 2 is 1.76 bits per heavy atom. The highest BCUT2D eigenvalue weighted by Gasteiger charge is 2.41. The molecule has 1 aliphatic rings. The molecular formula is C24H27FN4O3S. The van der Waals surface area contributed by atoms with Gasteiger partial charge in [0.2, 0.25) is 5.95 Å². The average Bonchev–Trinajstić information content (AvgIpc) is 3.37. The fraction of sp³-hybridized carbons (Fsp3) is 0.333. The fourth-order valence-electron chi connectivity index (χ4n) is 3.66. The van der Waals surface area contributed by atoms with E-state index in [1.165, 1.54) is 23.9 Å². The van der Waals surface area contributed by atoms with E-state index in [0.29, 0.717) is 18.3 Å². The van der Waals surface area contributed by atoms with Crippen molar-refractivity contribution in [2.75, 3.05) is 39.2 Å². The second kappa shape index (κ2) is 10.9. The van der Waals surface area contributed by atoms with Crippen LogP contribution in [0.25, 0.3) is 0 Å². The van der Waals surface area contributed by atoms with Gasteiger partial charge in [0.05, 0.1) is 0 Å². The number of likely N-dealkylation sites (tertiary alicyclic amines) is 1. The third-order valence-electron chi connectivity index (χ3n) is 5.29. The Kier molecular flexibility index (Phi) is 7.77. The number of benzene rings is 2. The molecule has 7 nitrogen and oxygen atoms in total. The second-order valence-electron chi connectivity index (χ2n) is 7.57. The van der Waals surface area contributed by atoms with Crippen LogP contribution in [0.2, 0.25) is 0 Å². The first kappa shape index (κ1) is 23.4. The lowest BCUT2D eigenvalue weighted by atomic mass is 10.3. The summed E-state index contributed by atoms with van der Waals surface area (Å²) in [7, 11) is 3.28. The van der Waals surface area contributed by atoms with E-state index in [9.17, 15) is 4.39 Å². The zero-order chi connectivity index (χ0) is 23.1. The molecule has 0 aliphatic carbocycles. The molecule has 0 radical (unpaired) electrons. The number of rotatable bonds is 10. The molecule has 4 rings (SSSR count). The normalized spacial score (nSPS) is 15.8. The third kappa shape index (κ3) is 6.00. The Labute approximate surface area is 197 Å². The van der Waals surface area contributed by atoms with Crippen molar-refractivity contribution in [2.45, 2.75) is 28.7 Å². The summed E-state index contributed by atoms with van der Waals surface area (Å²) in [5.41, 5.74) is 0.821. The molecule has 0 spiro atoms. The summed E-state index contributed by atoms with van der Waals surface area (Å²) in [6.07, 6.45) is 3.91. The molecule has 33 heavy (non-hydrogen) atoms. The van der Waals surface area contributed by atoms with Crippen LogP contribution in [-0.2, 0) is 9.47 Å². The molecule has 0 bridgehead atoms. The van der Waals surface area contributed by atoms with E-state index in [-0.39, 0.29) is 5.82 Å². The number of ether oxygens (including phenoxy) is 3. The lowest BCUT2D eigenvalue weighted by Crippen LogP contribution is -2.56. The van der Waals surface area contributed by atoms with Gasteiger partial charge in [-0.25, -0.2) is 19.3 Å². The van der Waals surface area contributed by atoms with E-state index in [1.807, 2.05) is 30.3 Å². The van der Waals surface area contributed by atoms with Gasteiger partial charge in [0.25, 0.3) is 5.91 Å². The number of methoxy groups -OCH3 is 2. The molecule has 1 fully saturated rings. The highest BCUT2D eigenvalue weighted by Crippen LogP contribution is 2.29. The van der Waals surface area contributed by atoms with Crippen LogP contribution in [0.3, 0.4) is 0 Å². The van der Waals surface area contributed by atoms with E-state index in [1.54, 1.807) is 32.5 Å². The summed E-state index contributed by atoms with van der Waals surface area (Å²) in [6, 6.07) is 15.7. The maximum Gasteiger partial charge on any atom is 0.297 e. The third-order valence-corrected chi connectivity index (χ3v) is 6.23. The zero-order valence-corrected chi connectivity index (χ0v) is 19.5. The monoisotopic (exact) mass is 470 g/mol. The predicted octanol–water partition coefficient (Wildman–Crippen LogP) is 4.93. The van der Waals surface area contributed by atoms with Crippen molar-refractivity contribution in [3.05, 3.63) is 66.6 Å². The van der Waals surface area contributed by atoms with Crippen molar-refractivity contribution in [1.29, 1.82) is 0 Å². The Morgan fingerprint density at radius 1 is 1.03 bits per heavy atom. The van der Waals surface area contributed by atoms with Crippen LogP contribution in [0.4, 0.5) is 16.0 Å². The number of nitrogens with one attached hydrogen (secondary N) is 1. The van der Waals surface area contributed by atoms with Crippen LogP contribution in [0, 0.1) is 5.82 Å². The molecule has 2 aromatic carbocycles. The summed E-state index contributed by atoms with van der Waals surface area (Å²) >= 11 is 1.44. The van der Waals surface area contributed by atoms with Crippen molar-refractivity contribution in [1.82, 2.24) is 14.9 Å². The second-order valence-corrected chi connectivity index (χ2v) is 8.66. The Balaban J connectivity index is 1.42. The van der Waals surface area contributed by atoms with Crippen LogP contribution < -0.4 is 10.1 Å². The van der Waals surface area contributed by atoms with Crippen LogP contribution in [-0.4, -0.2) is 54.7 Å². The van der Waals surface area contributed by atoms with Crippen molar-refractivity contribution in [3.63, 3.8) is 0 Å². The number of aromatic nitrogens is 2. The zero-order valence-electron chi connectivity index (χ0n) is 18.7. The minimum absolute atomic E-state index is 0.262. The number of halogens is 1. The molecule has 174 valence electrons. The highest BCUT2D eigenvalue weighted by molar-refractivity contribution is 7.99. The molecule has 9 heteroatoms. The van der Waals surface area contributed by atoms with Crippen LogP contribution in [0.15, 0.2) is 70.7 Å². The van der Waals surface area contributed by atoms with E-state index in [4.69, 9.17) is 14.2 Å². The molecule has 1 N–H and O–H groups in total. The first-order valence-electron chi connectivity index (χ1n) is 10.7. The minimum Gasteiger partial charge on any atom is -0.447 e. The van der Waals surface area contributed by atoms with Gasteiger partial charge in [-0.05, 0) is 67.4 Å². The number of hydrogen-bond donors (Lipinski definition) is 1. The van der Waals surface area contributed by atoms with E-state index in [2.05, 4.69) is 20.2 Å². The van der Waals surface area contributed by atoms with Gasteiger partial charge in [-0.1, -0.05) is 11.8 Å². The Hall–Kier alpha value is -2.72. The molecule has 2 heterocycles.